The number of halogens is 1. The van der Waals surface area contributed by atoms with Crippen LogP contribution in [0.4, 0.5) is 10.1 Å². The van der Waals surface area contributed by atoms with Crippen molar-refractivity contribution in [2.24, 2.45) is 0 Å². The molecule has 6 nitrogen and oxygen atoms in total. The standard InChI is InChI=1S/C23H29FN4O2/c1-18-4-2-3-5-19(18)10-11-25-22(29)16-27-12-14-28(15-13-27)17-23(30)26-21-8-6-20(24)7-9-21/h2-9H,10-17H2,1H3,(H,25,29)(H,26,30). The second kappa shape index (κ2) is 10.8. The number of hydrogen-bond acceptors (Lipinski definition) is 4. The molecular weight excluding hydrogens is 383 g/mol. The Balaban J connectivity index is 1.32. The first-order valence-electron chi connectivity index (χ1n) is 10.3. The van der Waals surface area contributed by atoms with Gasteiger partial charge >= 0.3 is 0 Å². The second-order valence-electron chi connectivity index (χ2n) is 7.63. The molecule has 0 aliphatic carbocycles. The number of piperazine rings is 1. The van der Waals surface area contributed by atoms with Crippen LogP contribution in [-0.4, -0.2) is 67.4 Å². The summed E-state index contributed by atoms with van der Waals surface area (Å²) in [5.74, 6) is -0.418. The lowest BCUT2D eigenvalue weighted by molar-refractivity contribution is -0.123. The van der Waals surface area contributed by atoms with Crippen LogP contribution in [0, 0.1) is 12.7 Å². The van der Waals surface area contributed by atoms with Crippen LogP contribution >= 0.6 is 0 Å². The van der Waals surface area contributed by atoms with Crippen LogP contribution in [0.1, 0.15) is 11.1 Å². The lowest BCUT2D eigenvalue weighted by atomic mass is 10.1. The van der Waals surface area contributed by atoms with Gasteiger partial charge in [0.05, 0.1) is 13.1 Å². The molecule has 1 aliphatic heterocycles. The summed E-state index contributed by atoms with van der Waals surface area (Å²) in [6.07, 6.45) is 0.829. The van der Waals surface area contributed by atoms with Crippen LogP contribution in [-0.2, 0) is 16.0 Å². The van der Waals surface area contributed by atoms with Crippen molar-refractivity contribution in [3.8, 4) is 0 Å². The van der Waals surface area contributed by atoms with E-state index in [9.17, 15) is 14.0 Å². The molecule has 2 aromatic carbocycles. The molecule has 30 heavy (non-hydrogen) atoms. The van der Waals surface area contributed by atoms with Crippen LogP contribution in [0.2, 0.25) is 0 Å². The molecule has 1 fully saturated rings. The molecule has 2 aromatic rings. The van der Waals surface area contributed by atoms with Gasteiger partial charge in [0.2, 0.25) is 11.8 Å². The molecule has 1 aliphatic rings. The third-order valence-electron chi connectivity index (χ3n) is 5.31. The SMILES string of the molecule is Cc1ccccc1CCNC(=O)CN1CCN(CC(=O)Nc2ccc(F)cc2)CC1. The van der Waals surface area contributed by atoms with E-state index in [1.807, 2.05) is 12.1 Å². The highest BCUT2D eigenvalue weighted by molar-refractivity contribution is 5.92. The maximum Gasteiger partial charge on any atom is 0.238 e. The highest BCUT2D eigenvalue weighted by atomic mass is 19.1. The molecule has 160 valence electrons. The summed E-state index contributed by atoms with van der Waals surface area (Å²) in [4.78, 5) is 28.5. The maximum absolute atomic E-state index is 12.9. The lowest BCUT2D eigenvalue weighted by Crippen LogP contribution is -2.51. The summed E-state index contributed by atoms with van der Waals surface area (Å²) < 4.78 is 12.9. The predicted octanol–water partition coefficient (Wildman–Crippen LogP) is 2.05. The number of amides is 2. The monoisotopic (exact) mass is 412 g/mol. The van der Waals surface area contributed by atoms with Gasteiger partial charge < -0.3 is 10.6 Å². The Labute approximate surface area is 177 Å². The van der Waals surface area contributed by atoms with E-state index in [-0.39, 0.29) is 24.2 Å². The van der Waals surface area contributed by atoms with Crippen LogP contribution in [0.5, 0.6) is 0 Å². The van der Waals surface area contributed by atoms with E-state index < -0.39 is 0 Å². The summed E-state index contributed by atoms with van der Waals surface area (Å²) in [5.41, 5.74) is 3.08. The minimum absolute atomic E-state index is 0.0334. The van der Waals surface area contributed by atoms with Crippen LogP contribution in [0.3, 0.4) is 0 Å². The van der Waals surface area contributed by atoms with E-state index in [1.165, 1.54) is 23.3 Å². The summed E-state index contributed by atoms with van der Waals surface area (Å²) >= 11 is 0. The number of nitrogens with one attached hydrogen (secondary N) is 2. The number of anilines is 1. The van der Waals surface area contributed by atoms with Gasteiger partial charge in [0, 0.05) is 38.4 Å². The summed E-state index contributed by atoms with van der Waals surface area (Å²) in [7, 11) is 0. The second-order valence-corrected chi connectivity index (χ2v) is 7.63. The van der Waals surface area contributed by atoms with E-state index in [0.717, 1.165) is 32.6 Å². The Kier molecular flexibility index (Phi) is 7.93. The molecule has 0 saturated carbocycles. The molecule has 0 atom stereocenters. The highest BCUT2D eigenvalue weighted by Gasteiger charge is 2.20. The molecule has 0 bridgehead atoms. The first-order valence-corrected chi connectivity index (χ1v) is 10.3. The smallest absolute Gasteiger partial charge is 0.238 e. The van der Waals surface area contributed by atoms with Crippen molar-refractivity contribution in [1.29, 1.82) is 0 Å². The van der Waals surface area contributed by atoms with E-state index in [4.69, 9.17) is 0 Å². The Bertz CT molecular complexity index is 849. The molecule has 0 aromatic heterocycles. The Morgan fingerprint density at radius 2 is 1.50 bits per heavy atom. The molecule has 1 saturated heterocycles. The van der Waals surface area contributed by atoms with Crippen molar-refractivity contribution in [2.45, 2.75) is 13.3 Å². The molecule has 0 spiro atoms. The number of carbonyl (C=O) groups is 2. The number of carbonyl (C=O) groups excluding carboxylic acids is 2. The van der Waals surface area contributed by atoms with Gasteiger partial charge in [-0.25, -0.2) is 4.39 Å². The maximum atomic E-state index is 12.9. The highest BCUT2D eigenvalue weighted by Crippen LogP contribution is 2.09. The van der Waals surface area contributed by atoms with E-state index in [0.29, 0.717) is 18.8 Å². The first-order chi connectivity index (χ1) is 14.5. The van der Waals surface area contributed by atoms with Gasteiger partial charge in [0.15, 0.2) is 0 Å². The fraction of sp³-hybridized carbons (Fsp3) is 0.391. The van der Waals surface area contributed by atoms with Crippen molar-refractivity contribution in [2.75, 3.05) is 51.1 Å². The summed E-state index contributed by atoms with van der Waals surface area (Å²) in [6, 6.07) is 13.9. The minimum atomic E-state index is -0.330. The van der Waals surface area contributed by atoms with Gasteiger partial charge in [0.1, 0.15) is 5.82 Å². The predicted molar refractivity (Wildman–Crippen MR) is 116 cm³/mol. The lowest BCUT2D eigenvalue weighted by Gasteiger charge is -2.33. The Hall–Kier alpha value is -2.77. The number of aryl methyl sites for hydroxylation is 1. The average molecular weight is 413 g/mol. The van der Waals surface area contributed by atoms with Crippen LogP contribution in [0.25, 0.3) is 0 Å². The van der Waals surface area contributed by atoms with Gasteiger partial charge in [-0.05, 0) is 48.7 Å². The van der Waals surface area contributed by atoms with E-state index in [1.54, 1.807) is 12.1 Å². The van der Waals surface area contributed by atoms with Gasteiger partial charge in [0.25, 0.3) is 0 Å². The normalized spacial score (nSPS) is 15.0. The molecule has 7 heteroatoms. The summed E-state index contributed by atoms with van der Waals surface area (Å²) in [6.45, 7) is 6.33. The van der Waals surface area contributed by atoms with Gasteiger partial charge in [-0.1, -0.05) is 24.3 Å². The van der Waals surface area contributed by atoms with Gasteiger partial charge in [-0.2, -0.15) is 0 Å². The number of hydrogen-bond donors (Lipinski definition) is 2. The fourth-order valence-electron chi connectivity index (χ4n) is 3.53. The third kappa shape index (κ3) is 6.93. The molecule has 0 radical (unpaired) electrons. The van der Waals surface area contributed by atoms with Crippen LogP contribution < -0.4 is 10.6 Å². The Morgan fingerprint density at radius 1 is 0.900 bits per heavy atom. The van der Waals surface area contributed by atoms with Crippen molar-refractivity contribution < 1.29 is 14.0 Å². The van der Waals surface area contributed by atoms with Crippen molar-refractivity contribution in [3.05, 3.63) is 65.5 Å². The Morgan fingerprint density at radius 3 is 2.13 bits per heavy atom. The molecule has 2 N–H and O–H groups in total. The topological polar surface area (TPSA) is 64.7 Å². The first kappa shape index (κ1) is 21.9. The largest absolute Gasteiger partial charge is 0.355 e. The van der Waals surface area contributed by atoms with Gasteiger partial charge in [-0.3, -0.25) is 19.4 Å². The molecule has 1 heterocycles. The minimum Gasteiger partial charge on any atom is -0.355 e. The zero-order chi connectivity index (χ0) is 21.3. The van der Waals surface area contributed by atoms with E-state index >= 15 is 0 Å². The van der Waals surface area contributed by atoms with Crippen molar-refractivity contribution in [3.63, 3.8) is 0 Å². The van der Waals surface area contributed by atoms with Gasteiger partial charge in [-0.15, -0.1) is 0 Å². The molecule has 3 rings (SSSR count). The fourth-order valence-corrected chi connectivity index (χ4v) is 3.53. The quantitative estimate of drug-likeness (QED) is 0.697. The molecular formula is C23H29FN4O2. The number of benzene rings is 2. The van der Waals surface area contributed by atoms with Crippen molar-refractivity contribution in [1.82, 2.24) is 15.1 Å². The number of rotatable bonds is 8. The number of nitrogens with zero attached hydrogens (tertiary/aromatic N) is 2. The zero-order valence-electron chi connectivity index (χ0n) is 17.4. The zero-order valence-corrected chi connectivity index (χ0v) is 17.4. The van der Waals surface area contributed by atoms with Crippen LogP contribution in [0.15, 0.2) is 48.5 Å². The van der Waals surface area contributed by atoms with Crippen molar-refractivity contribution >= 4 is 17.5 Å². The third-order valence-corrected chi connectivity index (χ3v) is 5.31. The summed E-state index contributed by atoms with van der Waals surface area (Å²) in [5, 5.41) is 5.77. The average Bonchev–Trinajstić information content (AvgIpc) is 2.72. The molecule has 2 amide bonds. The molecule has 0 unspecified atom stereocenters. The van der Waals surface area contributed by atoms with E-state index in [2.05, 4.69) is 39.5 Å².